The highest BCUT2D eigenvalue weighted by atomic mass is 35.5. The quantitative estimate of drug-likeness (QED) is 0.856. The molecule has 0 aliphatic carbocycles. The van der Waals surface area contributed by atoms with Crippen LogP contribution in [0.3, 0.4) is 0 Å². The highest BCUT2D eigenvalue weighted by Gasteiger charge is 2.11. The van der Waals surface area contributed by atoms with Crippen molar-refractivity contribution < 1.29 is 0 Å². The van der Waals surface area contributed by atoms with E-state index in [0.717, 1.165) is 32.9 Å². The molecule has 4 heteroatoms. The molecule has 2 aromatic rings. The molecule has 0 saturated heterocycles. The summed E-state index contributed by atoms with van der Waals surface area (Å²) in [6.07, 6.45) is 1.22. The number of aryl methyl sites for hydroxylation is 2. The lowest BCUT2D eigenvalue weighted by molar-refractivity contribution is 0.968. The van der Waals surface area contributed by atoms with E-state index < -0.39 is 0 Å². The van der Waals surface area contributed by atoms with Gasteiger partial charge >= 0.3 is 0 Å². The molecule has 0 amide bonds. The minimum absolute atomic E-state index is 0.501. The van der Waals surface area contributed by atoms with E-state index in [1.54, 1.807) is 0 Å². The number of halogens is 1. The molecule has 98 valence electrons. The largest absolute Gasteiger partial charge is 0.362 e. The summed E-state index contributed by atoms with van der Waals surface area (Å²) in [5.41, 5.74) is 3.02. The van der Waals surface area contributed by atoms with Crippen LogP contribution in [0.15, 0.2) is 18.2 Å². The Kier molecular flexibility index (Phi) is 3.92. The molecular formula is C15H16ClN3. The first-order chi connectivity index (χ1) is 9.04. The van der Waals surface area contributed by atoms with E-state index >= 15 is 0 Å². The molecule has 1 aromatic carbocycles. The van der Waals surface area contributed by atoms with E-state index in [1.807, 2.05) is 38.1 Å². The van der Waals surface area contributed by atoms with E-state index in [2.05, 4.69) is 12.1 Å². The number of hydrogen-bond donors (Lipinski definition) is 0. The number of anilines is 1. The zero-order chi connectivity index (χ0) is 14.0. The monoisotopic (exact) mass is 273 g/mol. The van der Waals surface area contributed by atoms with Crippen LogP contribution in [0.4, 0.5) is 5.82 Å². The van der Waals surface area contributed by atoms with Crippen LogP contribution in [0.1, 0.15) is 17.5 Å². The number of pyridine rings is 1. The third-order valence-corrected chi connectivity index (χ3v) is 3.57. The van der Waals surface area contributed by atoms with Crippen LogP contribution in [-0.2, 0) is 6.42 Å². The molecule has 0 saturated carbocycles. The third kappa shape index (κ3) is 2.64. The molecule has 1 heterocycles. The van der Waals surface area contributed by atoms with Crippen LogP contribution in [0.2, 0.25) is 5.02 Å². The average Bonchev–Trinajstić information content (AvgIpc) is 2.39. The minimum Gasteiger partial charge on any atom is -0.362 e. The SMILES string of the molecule is Cc1c(Cl)ccc2cc(CCC#N)c(N(C)C)nc12. The van der Waals surface area contributed by atoms with Crippen molar-refractivity contribution in [2.75, 3.05) is 19.0 Å². The Morgan fingerprint density at radius 1 is 1.37 bits per heavy atom. The molecule has 1 aromatic heterocycles. The molecule has 19 heavy (non-hydrogen) atoms. The first kappa shape index (κ1) is 13.6. The van der Waals surface area contributed by atoms with Crippen LogP contribution < -0.4 is 4.90 Å². The smallest absolute Gasteiger partial charge is 0.132 e. The van der Waals surface area contributed by atoms with Gasteiger partial charge in [-0.05, 0) is 36.6 Å². The maximum absolute atomic E-state index is 8.75. The van der Waals surface area contributed by atoms with E-state index in [4.69, 9.17) is 21.8 Å². The summed E-state index contributed by atoms with van der Waals surface area (Å²) in [4.78, 5) is 6.70. The first-order valence-corrected chi connectivity index (χ1v) is 6.55. The zero-order valence-corrected chi connectivity index (χ0v) is 12.1. The van der Waals surface area contributed by atoms with Crippen molar-refractivity contribution in [3.05, 3.63) is 34.3 Å². The summed E-state index contributed by atoms with van der Waals surface area (Å²) < 4.78 is 0. The zero-order valence-electron chi connectivity index (χ0n) is 11.4. The summed E-state index contributed by atoms with van der Waals surface area (Å²) in [7, 11) is 3.92. The topological polar surface area (TPSA) is 39.9 Å². The number of benzene rings is 1. The van der Waals surface area contributed by atoms with E-state index in [9.17, 15) is 0 Å². The summed E-state index contributed by atoms with van der Waals surface area (Å²) in [6, 6.07) is 8.17. The maximum Gasteiger partial charge on any atom is 0.132 e. The molecule has 0 fully saturated rings. The van der Waals surface area contributed by atoms with Crippen molar-refractivity contribution >= 4 is 28.3 Å². The van der Waals surface area contributed by atoms with Crippen LogP contribution in [-0.4, -0.2) is 19.1 Å². The van der Waals surface area contributed by atoms with Gasteiger partial charge in [-0.25, -0.2) is 4.98 Å². The first-order valence-electron chi connectivity index (χ1n) is 6.17. The standard InChI is InChI=1S/C15H16ClN3/c1-10-13(16)7-6-11-9-12(5-4-8-17)15(19(2)3)18-14(10)11/h6-7,9H,4-5H2,1-3H3. The Labute approximate surface area is 118 Å². The summed E-state index contributed by atoms with van der Waals surface area (Å²) >= 11 is 6.15. The molecule has 0 unspecified atom stereocenters. The van der Waals surface area contributed by atoms with Gasteiger partial charge in [0.15, 0.2) is 0 Å². The van der Waals surface area contributed by atoms with Crippen LogP contribution in [0, 0.1) is 18.3 Å². The second kappa shape index (κ2) is 5.46. The summed E-state index contributed by atoms with van der Waals surface area (Å²) in [5.74, 6) is 0.910. The van der Waals surface area contributed by atoms with Gasteiger partial charge in [-0.3, -0.25) is 0 Å². The maximum atomic E-state index is 8.75. The van der Waals surface area contributed by atoms with Crippen molar-refractivity contribution in [1.29, 1.82) is 5.26 Å². The van der Waals surface area contributed by atoms with Crippen molar-refractivity contribution in [2.24, 2.45) is 0 Å². The Bertz CT molecular complexity index is 656. The number of aromatic nitrogens is 1. The van der Waals surface area contributed by atoms with Crippen LogP contribution in [0.25, 0.3) is 10.9 Å². The number of hydrogen-bond acceptors (Lipinski definition) is 3. The summed E-state index contributed by atoms with van der Waals surface area (Å²) in [5, 5.41) is 10.6. The Balaban J connectivity index is 2.66. The van der Waals surface area contributed by atoms with Crippen molar-refractivity contribution in [2.45, 2.75) is 19.8 Å². The fourth-order valence-electron chi connectivity index (χ4n) is 2.15. The predicted octanol–water partition coefficient (Wildman–Crippen LogP) is 3.72. The number of rotatable bonds is 3. The average molecular weight is 274 g/mol. The van der Waals surface area contributed by atoms with Gasteiger partial charge in [0.2, 0.25) is 0 Å². The Morgan fingerprint density at radius 2 is 2.11 bits per heavy atom. The van der Waals surface area contributed by atoms with Crippen molar-refractivity contribution in [3.8, 4) is 6.07 Å². The van der Waals surface area contributed by atoms with Crippen molar-refractivity contribution in [1.82, 2.24) is 4.98 Å². The number of fused-ring (bicyclic) bond motifs is 1. The van der Waals surface area contributed by atoms with Gasteiger partial charge in [0.1, 0.15) is 5.82 Å². The lowest BCUT2D eigenvalue weighted by Crippen LogP contribution is -2.13. The molecule has 0 bridgehead atoms. The lowest BCUT2D eigenvalue weighted by atomic mass is 10.0. The van der Waals surface area contributed by atoms with Gasteiger partial charge in [0.25, 0.3) is 0 Å². The summed E-state index contributed by atoms with van der Waals surface area (Å²) in [6.45, 7) is 1.98. The molecule has 0 aliphatic heterocycles. The van der Waals surface area contributed by atoms with Gasteiger partial charge < -0.3 is 4.90 Å². The van der Waals surface area contributed by atoms with Crippen molar-refractivity contribution in [3.63, 3.8) is 0 Å². The second-order valence-electron chi connectivity index (χ2n) is 4.77. The van der Waals surface area contributed by atoms with Gasteiger partial charge in [0, 0.05) is 30.9 Å². The van der Waals surface area contributed by atoms with Crippen LogP contribution >= 0.6 is 11.6 Å². The number of nitrogens with zero attached hydrogens (tertiary/aromatic N) is 3. The second-order valence-corrected chi connectivity index (χ2v) is 5.17. The fourth-order valence-corrected chi connectivity index (χ4v) is 2.31. The lowest BCUT2D eigenvalue weighted by Gasteiger charge is -2.17. The molecule has 2 rings (SSSR count). The molecule has 3 nitrogen and oxygen atoms in total. The van der Waals surface area contributed by atoms with Gasteiger partial charge in [-0.15, -0.1) is 0 Å². The Hall–Kier alpha value is -1.79. The van der Waals surface area contributed by atoms with E-state index in [1.165, 1.54) is 0 Å². The Morgan fingerprint density at radius 3 is 2.74 bits per heavy atom. The highest BCUT2D eigenvalue weighted by molar-refractivity contribution is 6.32. The third-order valence-electron chi connectivity index (χ3n) is 3.16. The molecule has 0 spiro atoms. The number of nitriles is 1. The molecule has 0 atom stereocenters. The fraction of sp³-hybridized carbons (Fsp3) is 0.333. The molecule has 0 radical (unpaired) electrons. The highest BCUT2D eigenvalue weighted by Crippen LogP contribution is 2.28. The van der Waals surface area contributed by atoms with Crippen LogP contribution in [0.5, 0.6) is 0 Å². The minimum atomic E-state index is 0.501. The van der Waals surface area contributed by atoms with E-state index in [0.29, 0.717) is 12.8 Å². The molecular weight excluding hydrogens is 258 g/mol. The van der Waals surface area contributed by atoms with Gasteiger partial charge in [-0.2, -0.15) is 5.26 Å². The molecule has 0 N–H and O–H groups in total. The molecule has 0 aliphatic rings. The van der Waals surface area contributed by atoms with E-state index in [-0.39, 0.29) is 0 Å². The van der Waals surface area contributed by atoms with Gasteiger partial charge in [-0.1, -0.05) is 17.7 Å². The predicted molar refractivity (Wildman–Crippen MR) is 79.8 cm³/mol. The van der Waals surface area contributed by atoms with Gasteiger partial charge in [0.05, 0.1) is 11.6 Å². The normalized spacial score (nSPS) is 10.5.